The van der Waals surface area contributed by atoms with Crippen LogP contribution >= 0.6 is 0 Å². The van der Waals surface area contributed by atoms with Gasteiger partial charge in [0.25, 0.3) is 0 Å². The predicted molar refractivity (Wildman–Crippen MR) is 405 cm³/mol. The van der Waals surface area contributed by atoms with Crippen molar-refractivity contribution >= 4 is 15.4 Å². The summed E-state index contributed by atoms with van der Waals surface area (Å²) in [5, 5.41) is 0. The van der Waals surface area contributed by atoms with Crippen LogP contribution in [0.4, 0.5) is 0 Å². The van der Waals surface area contributed by atoms with Crippen LogP contribution < -0.4 is 0 Å². The Labute approximate surface area is 584 Å². The second-order valence-corrected chi connectivity index (χ2v) is 45.9. The van der Waals surface area contributed by atoms with Gasteiger partial charge in [-0.25, -0.2) is 0 Å². The van der Waals surface area contributed by atoms with E-state index in [1.54, 1.807) is 134 Å². The van der Waals surface area contributed by atoms with Crippen molar-refractivity contribution < 1.29 is 0 Å². The molecule has 2 radical (unpaired) electrons. The SMILES string of the molecule is CCCC12c3cc4c(cc3[C]([Ge][C]35c6cc7c(cc6C(CCC)(c6cc8c(cc63)C(C)(C)CCC8(C)C)c3cc6c(cc35)C(C)(C)CCC6(C)C)C(C)(C)CCC7(C)C)(c3cc5c(cc31)C(C)(C)CCC5(C)C)c1cc3c(cc12)C(C)(C)CCC3(C)C)C(C)(C)CCC4(C)C. The Kier molecular flexibility index (Phi) is 13.1. The summed E-state index contributed by atoms with van der Waals surface area (Å²) >= 11 is -1.42. The summed E-state index contributed by atoms with van der Waals surface area (Å²) in [5.41, 5.74) is 39.8. The first-order valence-corrected chi connectivity index (χ1v) is 40.9. The average molecular weight is 1320 g/mol. The molecule has 0 spiro atoms. The van der Waals surface area contributed by atoms with Gasteiger partial charge in [0.05, 0.1) is 0 Å². The molecule has 0 aliphatic heterocycles. The number of hydrogen-bond donors (Lipinski definition) is 0. The van der Waals surface area contributed by atoms with Crippen LogP contribution in [-0.2, 0) is 84.3 Å². The molecule has 0 nitrogen and oxygen atoms in total. The molecular formula is C94H122Ge. The Morgan fingerprint density at radius 2 is 0.305 bits per heavy atom. The van der Waals surface area contributed by atoms with Gasteiger partial charge < -0.3 is 0 Å². The van der Waals surface area contributed by atoms with Crippen molar-refractivity contribution in [3.05, 3.63) is 206 Å². The summed E-state index contributed by atoms with van der Waals surface area (Å²) in [6, 6.07) is 36.2. The standard InChI is InChI=1S/C94H122Ge/c1-27-29-91-67-43-55-61(85(15,16)37-31-79(55,3)4)49-73(67)93(74-50-62-56(44-68(74)91)80(5,6)32-38-86(62,17)18,75-51-63-57(45-69(75)91)81(7,8)33-39-87(63,19)20)95-94-76-52-64-58(82(9,10)34-40-88(64,21)22)46-70(76)92(30-28-2,71-47-59-65(53-77(71)94)89(23,24)41-35-83(59,11)12)72-48-60-66(54-78(72)94)90(25,26)42-36-84(60,13)14/h43-54H,27-42H2,1-26H3. The van der Waals surface area contributed by atoms with E-state index in [9.17, 15) is 0 Å². The molecular weight excluding hydrogens is 1200 g/mol. The molecule has 4 bridgehead atoms. The van der Waals surface area contributed by atoms with Crippen molar-refractivity contribution in [2.75, 3.05) is 0 Å². The van der Waals surface area contributed by atoms with Crippen LogP contribution in [0.15, 0.2) is 72.8 Å². The summed E-state index contributed by atoms with van der Waals surface area (Å²) in [5.74, 6) is 0. The first kappa shape index (κ1) is 65.5. The Morgan fingerprint density at radius 1 is 0.189 bits per heavy atom. The quantitative estimate of drug-likeness (QED) is 0.146. The molecule has 1 heteroatoms. The van der Waals surface area contributed by atoms with Crippen molar-refractivity contribution in [3.8, 4) is 0 Å². The second-order valence-electron chi connectivity index (χ2n) is 42.2. The van der Waals surface area contributed by atoms with Crippen molar-refractivity contribution in [2.24, 2.45) is 0 Å². The van der Waals surface area contributed by atoms with E-state index in [0.29, 0.717) is 0 Å². The molecule has 0 atom stereocenters. The Bertz CT molecular complexity index is 3670. The fraction of sp³-hybridized carbons (Fsp3) is 0.617. The minimum absolute atomic E-state index is 0.0247. The molecule has 12 aliphatic carbocycles. The topological polar surface area (TPSA) is 0 Å². The van der Waals surface area contributed by atoms with Gasteiger partial charge in [-0.05, 0) is 0 Å². The van der Waals surface area contributed by atoms with E-state index < -0.39 is 23.9 Å². The summed E-state index contributed by atoms with van der Waals surface area (Å²) in [7, 11) is 0. The van der Waals surface area contributed by atoms with E-state index in [4.69, 9.17) is 0 Å². The van der Waals surface area contributed by atoms with Gasteiger partial charge in [0.1, 0.15) is 0 Å². The molecule has 18 rings (SSSR count). The van der Waals surface area contributed by atoms with Gasteiger partial charge in [-0.3, -0.25) is 0 Å². The molecule has 0 unspecified atom stereocenters. The Hall–Kier alpha value is -4.14. The van der Waals surface area contributed by atoms with Crippen LogP contribution in [0.5, 0.6) is 0 Å². The first-order chi connectivity index (χ1) is 43.8. The third kappa shape index (κ3) is 8.14. The average Bonchev–Trinajstić information content (AvgIpc) is 0.637. The van der Waals surface area contributed by atoms with Gasteiger partial charge in [-0.15, -0.1) is 0 Å². The predicted octanol–water partition coefficient (Wildman–Crippen LogP) is 24.3. The molecule has 6 aromatic rings. The van der Waals surface area contributed by atoms with Crippen LogP contribution in [0.25, 0.3) is 0 Å². The molecule has 95 heavy (non-hydrogen) atoms. The zero-order valence-electron chi connectivity index (χ0n) is 64.7. The number of rotatable bonds is 6. The number of benzene rings is 6. The van der Waals surface area contributed by atoms with Crippen LogP contribution in [0, 0.1) is 0 Å². The summed E-state index contributed by atoms with van der Waals surface area (Å²) in [4.78, 5) is 0. The Morgan fingerprint density at radius 3 is 0.421 bits per heavy atom. The molecule has 12 aliphatic rings. The van der Waals surface area contributed by atoms with Crippen molar-refractivity contribution in [1.82, 2.24) is 0 Å². The van der Waals surface area contributed by atoms with Crippen LogP contribution in [0.3, 0.4) is 0 Å². The third-order valence-electron chi connectivity index (χ3n) is 30.8. The normalized spacial score (nSPS) is 30.3. The summed E-state index contributed by atoms with van der Waals surface area (Å²) in [6.45, 7) is 68.3. The molecule has 6 aromatic carbocycles. The van der Waals surface area contributed by atoms with Crippen molar-refractivity contribution in [1.29, 1.82) is 0 Å². The Balaban J connectivity index is 1.19. The third-order valence-corrected chi connectivity index (χ3v) is 35.7. The molecule has 0 saturated heterocycles. The maximum absolute atomic E-state index is 3.04. The van der Waals surface area contributed by atoms with Crippen LogP contribution in [-0.4, -0.2) is 15.4 Å². The fourth-order valence-corrected chi connectivity index (χ4v) is 29.1. The van der Waals surface area contributed by atoms with Gasteiger partial charge in [0.15, 0.2) is 0 Å². The second kappa shape index (κ2) is 19.1. The van der Waals surface area contributed by atoms with E-state index in [0.717, 1.165) is 25.7 Å². The zero-order chi connectivity index (χ0) is 68.4. The minimum atomic E-state index is -1.42. The van der Waals surface area contributed by atoms with Crippen molar-refractivity contribution in [2.45, 2.75) is 367 Å². The number of fused-ring (bicyclic) bond motifs is 6. The van der Waals surface area contributed by atoms with E-state index in [2.05, 4.69) is 253 Å². The van der Waals surface area contributed by atoms with Gasteiger partial charge in [0, 0.05) is 0 Å². The van der Waals surface area contributed by atoms with E-state index >= 15 is 0 Å². The molecule has 502 valence electrons. The van der Waals surface area contributed by atoms with E-state index in [1.807, 2.05) is 0 Å². The summed E-state index contributed by atoms with van der Waals surface area (Å²) in [6.07, 6.45) is 19.0. The molecule has 0 fully saturated rings. The molecule has 0 saturated carbocycles. The number of hydrogen-bond acceptors (Lipinski definition) is 0. The molecule has 0 N–H and O–H groups in total. The van der Waals surface area contributed by atoms with Crippen molar-refractivity contribution in [3.63, 3.8) is 0 Å². The molecule has 0 amide bonds. The van der Waals surface area contributed by atoms with Gasteiger partial charge in [0.2, 0.25) is 0 Å². The fourth-order valence-electron chi connectivity index (χ4n) is 23.6. The summed E-state index contributed by atoms with van der Waals surface area (Å²) < 4.78 is -0.898. The van der Waals surface area contributed by atoms with Gasteiger partial charge >= 0.3 is 589 Å². The zero-order valence-corrected chi connectivity index (χ0v) is 66.8. The van der Waals surface area contributed by atoms with Gasteiger partial charge in [-0.1, -0.05) is 0 Å². The van der Waals surface area contributed by atoms with Gasteiger partial charge in [-0.2, -0.15) is 0 Å². The van der Waals surface area contributed by atoms with E-state index in [-0.39, 0.29) is 75.8 Å². The van der Waals surface area contributed by atoms with Crippen LogP contribution in [0.1, 0.15) is 416 Å². The monoisotopic (exact) mass is 1320 g/mol. The first-order valence-electron chi connectivity index (χ1n) is 38.8. The van der Waals surface area contributed by atoms with E-state index in [1.165, 1.54) is 77.0 Å². The maximum atomic E-state index is 3.04. The molecule has 0 aromatic heterocycles. The van der Waals surface area contributed by atoms with Crippen LogP contribution in [0.2, 0.25) is 0 Å². The molecule has 0 heterocycles.